The maximum atomic E-state index is 11.2. The van der Waals surface area contributed by atoms with Crippen molar-refractivity contribution in [2.75, 3.05) is 0 Å². The predicted molar refractivity (Wildman–Crippen MR) is 83.0 cm³/mol. The number of nitrogens with two attached hydrogens (primary N) is 1. The van der Waals surface area contributed by atoms with Crippen molar-refractivity contribution < 1.29 is 4.79 Å². The number of aromatic nitrogens is 4. The van der Waals surface area contributed by atoms with Crippen LogP contribution in [0, 0.1) is 0 Å². The zero-order valence-corrected chi connectivity index (χ0v) is 12.6. The van der Waals surface area contributed by atoms with Crippen LogP contribution in [-0.2, 0) is 11.3 Å². The Labute approximate surface area is 125 Å². The Morgan fingerprint density at radius 2 is 2.14 bits per heavy atom. The van der Waals surface area contributed by atoms with E-state index in [0.29, 0.717) is 5.16 Å². The summed E-state index contributed by atoms with van der Waals surface area (Å²) in [6, 6.07) is 8.02. The fourth-order valence-corrected chi connectivity index (χ4v) is 2.94. The van der Waals surface area contributed by atoms with E-state index in [4.69, 9.17) is 5.73 Å². The molecule has 1 aromatic carbocycles. The van der Waals surface area contributed by atoms with Gasteiger partial charge in [-0.1, -0.05) is 30.0 Å². The van der Waals surface area contributed by atoms with Gasteiger partial charge in [0.15, 0.2) is 5.65 Å². The molecule has 0 aliphatic rings. The SMILES string of the molecule is CCn1c2ccccc2c2nnc(S[C@H](C)C(N)=O)nc21. The molecular weight excluding hydrogens is 286 g/mol. The van der Waals surface area contributed by atoms with Crippen LogP contribution in [0.4, 0.5) is 0 Å². The fourth-order valence-electron chi connectivity index (χ4n) is 2.28. The lowest BCUT2D eigenvalue weighted by molar-refractivity contribution is -0.117. The highest BCUT2D eigenvalue weighted by Crippen LogP contribution is 2.27. The molecule has 0 spiro atoms. The minimum Gasteiger partial charge on any atom is -0.369 e. The summed E-state index contributed by atoms with van der Waals surface area (Å²) >= 11 is 1.22. The second-order valence-electron chi connectivity index (χ2n) is 4.69. The number of carbonyl (C=O) groups excluding carboxylic acids is 1. The van der Waals surface area contributed by atoms with Crippen LogP contribution >= 0.6 is 11.8 Å². The van der Waals surface area contributed by atoms with Crippen molar-refractivity contribution in [2.24, 2.45) is 5.73 Å². The molecule has 2 heterocycles. The van der Waals surface area contributed by atoms with Gasteiger partial charge in [0.25, 0.3) is 0 Å². The fraction of sp³-hybridized carbons (Fsp3) is 0.286. The van der Waals surface area contributed by atoms with Crippen LogP contribution in [0.1, 0.15) is 13.8 Å². The molecule has 2 N–H and O–H groups in total. The number of hydrogen-bond donors (Lipinski definition) is 1. The van der Waals surface area contributed by atoms with Crippen molar-refractivity contribution in [2.45, 2.75) is 30.8 Å². The van der Waals surface area contributed by atoms with Crippen molar-refractivity contribution in [1.29, 1.82) is 0 Å². The van der Waals surface area contributed by atoms with Crippen LogP contribution < -0.4 is 5.73 Å². The van der Waals surface area contributed by atoms with Crippen molar-refractivity contribution in [3.05, 3.63) is 24.3 Å². The Hall–Kier alpha value is -2.15. The molecule has 0 saturated heterocycles. The summed E-state index contributed by atoms with van der Waals surface area (Å²) in [6.07, 6.45) is 0. The molecule has 0 radical (unpaired) electrons. The molecule has 21 heavy (non-hydrogen) atoms. The molecule has 0 aliphatic heterocycles. The van der Waals surface area contributed by atoms with E-state index in [1.54, 1.807) is 6.92 Å². The number of para-hydroxylation sites is 1. The summed E-state index contributed by atoms with van der Waals surface area (Å²) in [6.45, 7) is 4.58. The monoisotopic (exact) mass is 301 g/mol. The molecule has 0 fully saturated rings. The first-order valence-corrected chi connectivity index (χ1v) is 7.57. The van der Waals surface area contributed by atoms with Gasteiger partial charge < -0.3 is 10.3 Å². The number of hydrogen-bond acceptors (Lipinski definition) is 5. The first kappa shape index (κ1) is 13.8. The quantitative estimate of drug-likeness (QED) is 0.744. The number of carbonyl (C=O) groups is 1. The van der Waals surface area contributed by atoms with E-state index in [2.05, 4.69) is 26.7 Å². The Morgan fingerprint density at radius 1 is 1.38 bits per heavy atom. The lowest BCUT2D eigenvalue weighted by Crippen LogP contribution is -2.22. The Balaban J connectivity index is 2.17. The molecule has 0 bridgehead atoms. The second-order valence-corrected chi connectivity index (χ2v) is 6.00. The van der Waals surface area contributed by atoms with E-state index in [0.717, 1.165) is 28.6 Å². The van der Waals surface area contributed by atoms with E-state index in [1.807, 2.05) is 24.3 Å². The lowest BCUT2D eigenvalue weighted by atomic mass is 10.2. The molecule has 0 aliphatic carbocycles. The number of nitrogens with zero attached hydrogens (tertiary/aromatic N) is 4. The highest BCUT2D eigenvalue weighted by molar-refractivity contribution is 8.00. The minimum absolute atomic E-state index is 0.385. The number of benzene rings is 1. The summed E-state index contributed by atoms with van der Waals surface area (Å²) in [5, 5.41) is 9.51. The van der Waals surface area contributed by atoms with Gasteiger partial charge in [0.2, 0.25) is 11.1 Å². The van der Waals surface area contributed by atoms with Crippen LogP contribution in [-0.4, -0.2) is 30.9 Å². The number of amides is 1. The minimum atomic E-state index is -0.389. The first-order valence-electron chi connectivity index (χ1n) is 6.69. The number of aryl methyl sites for hydroxylation is 1. The van der Waals surface area contributed by atoms with Gasteiger partial charge in [0.05, 0.1) is 10.8 Å². The van der Waals surface area contributed by atoms with Gasteiger partial charge in [-0.15, -0.1) is 10.2 Å². The zero-order valence-electron chi connectivity index (χ0n) is 11.8. The van der Waals surface area contributed by atoms with Crippen molar-refractivity contribution >= 4 is 39.7 Å². The molecule has 3 aromatic rings. The number of rotatable bonds is 4. The van der Waals surface area contributed by atoms with Crippen LogP contribution in [0.3, 0.4) is 0 Å². The van der Waals surface area contributed by atoms with Crippen molar-refractivity contribution in [3.8, 4) is 0 Å². The van der Waals surface area contributed by atoms with Gasteiger partial charge in [-0.25, -0.2) is 4.98 Å². The second kappa shape index (κ2) is 5.33. The Kier molecular flexibility index (Phi) is 3.50. The average Bonchev–Trinajstić information content (AvgIpc) is 2.80. The Bertz CT molecular complexity index is 829. The third kappa shape index (κ3) is 2.33. The number of primary amides is 1. The van der Waals surface area contributed by atoms with Crippen molar-refractivity contribution in [3.63, 3.8) is 0 Å². The summed E-state index contributed by atoms with van der Waals surface area (Å²) in [5.74, 6) is -0.389. The van der Waals surface area contributed by atoms with Crippen molar-refractivity contribution in [1.82, 2.24) is 19.7 Å². The van der Waals surface area contributed by atoms with Gasteiger partial charge in [-0.05, 0) is 19.9 Å². The summed E-state index contributed by atoms with van der Waals surface area (Å²) in [5.41, 5.74) is 7.92. The van der Waals surface area contributed by atoms with Gasteiger partial charge in [0, 0.05) is 11.9 Å². The van der Waals surface area contributed by atoms with E-state index in [9.17, 15) is 4.79 Å². The predicted octanol–water partition coefficient (Wildman–Crippen LogP) is 1.97. The van der Waals surface area contributed by atoms with E-state index in [1.165, 1.54) is 11.8 Å². The zero-order chi connectivity index (χ0) is 15.0. The van der Waals surface area contributed by atoms with Crippen LogP contribution in [0.25, 0.3) is 22.1 Å². The largest absolute Gasteiger partial charge is 0.369 e. The first-order chi connectivity index (χ1) is 10.1. The van der Waals surface area contributed by atoms with E-state index < -0.39 is 0 Å². The van der Waals surface area contributed by atoms with Gasteiger partial charge in [-0.3, -0.25) is 4.79 Å². The highest BCUT2D eigenvalue weighted by atomic mass is 32.2. The van der Waals surface area contributed by atoms with E-state index in [-0.39, 0.29) is 11.2 Å². The molecule has 0 saturated carbocycles. The lowest BCUT2D eigenvalue weighted by Gasteiger charge is -2.05. The van der Waals surface area contributed by atoms with Gasteiger partial charge in [-0.2, -0.15) is 0 Å². The highest BCUT2D eigenvalue weighted by Gasteiger charge is 2.17. The molecule has 7 heteroatoms. The van der Waals surface area contributed by atoms with Gasteiger partial charge >= 0.3 is 0 Å². The molecule has 2 aromatic heterocycles. The standard InChI is InChI=1S/C14H15N5OS/c1-3-19-10-7-5-4-6-9(10)11-13(19)16-14(18-17-11)21-8(2)12(15)20/h4-8H,3H2,1-2H3,(H2,15,20)/t8-/m1/s1. The third-order valence-electron chi connectivity index (χ3n) is 3.35. The number of fused-ring (bicyclic) bond motifs is 3. The normalized spacial score (nSPS) is 12.9. The molecule has 1 atom stereocenters. The third-order valence-corrected chi connectivity index (χ3v) is 4.32. The summed E-state index contributed by atoms with van der Waals surface area (Å²) in [4.78, 5) is 15.7. The molecule has 6 nitrogen and oxygen atoms in total. The maximum absolute atomic E-state index is 11.2. The van der Waals surface area contributed by atoms with Crippen LogP contribution in [0.5, 0.6) is 0 Å². The van der Waals surface area contributed by atoms with Crippen LogP contribution in [0.2, 0.25) is 0 Å². The topological polar surface area (TPSA) is 86.7 Å². The Morgan fingerprint density at radius 3 is 2.86 bits per heavy atom. The summed E-state index contributed by atoms with van der Waals surface area (Å²) < 4.78 is 2.10. The average molecular weight is 301 g/mol. The van der Waals surface area contributed by atoms with Crippen LogP contribution in [0.15, 0.2) is 29.4 Å². The molecule has 108 valence electrons. The molecular formula is C14H15N5OS. The smallest absolute Gasteiger partial charge is 0.230 e. The molecule has 1 amide bonds. The molecule has 3 rings (SSSR count). The van der Waals surface area contributed by atoms with E-state index >= 15 is 0 Å². The number of thioether (sulfide) groups is 1. The maximum Gasteiger partial charge on any atom is 0.230 e. The van der Waals surface area contributed by atoms with Gasteiger partial charge in [0.1, 0.15) is 5.52 Å². The molecule has 0 unspecified atom stereocenters. The summed E-state index contributed by atoms with van der Waals surface area (Å²) in [7, 11) is 0.